The summed E-state index contributed by atoms with van der Waals surface area (Å²) < 4.78 is 0.971. The smallest absolute Gasteiger partial charge is 0.251 e. The molecule has 3 aromatic rings. The third-order valence-corrected chi connectivity index (χ3v) is 4.73. The molecule has 6 heteroatoms. The number of carbonyl (C=O) groups excluding carboxylic acids is 2. The number of hydrogen-bond acceptors (Lipinski definition) is 3. The number of rotatable bonds is 7. The monoisotopic (exact) mass is 449 g/mol. The van der Waals surface area contributed by atoms with Gasteiger partial charge in [0.25, 0.3) is 5.91 Å². The van der Waals surface area contributed by atoms with Crippen molar-refractivity contribution >= 4 is 34.0 Å². The molecule has 0 spiro atoms. The van der Waals surface area contributed by atoms with Crippen molar-refractivity contribution in [1.29, 1.82) is 0 Å². The van der Waals surface area contributed by atoms with Gasteiger partial charge < -0.3 is 5.32 Å². The fourth-order valence-corrected chi connectivity index (χ4v) is 2.99. The molecule has 146 valence electrons. The second-order valence-electron chi connectivity index (χ2n) is 6.35. The molecule has 29 heavy (non-hydrogen) atoms. The topological polar surface area (TPSA) is 70.6 Å². The van der Waals surface area contributed by atoms with Gasteiger partial charge in [-0.05, 0) is 35.4 Å². The molecule has 0 fully saturated rings. The van der Waals surface area contributed by atoms with E-state index in [0.717, 1.165) is 15.6 Å². The Morgan fingerprint density at radius 3 is 2.17 bits per heavy atom. The SMILES string of the molecule is O=C(C[C@H](NC(=O)c1ccccc1)c1ccccc1)N/N=C\c1ccc(Br)cc1. The van der Waals surface area contributed by atoms with Gasteiger partial charge in [0.15, 0.2) is 0 Å². The van der Waals surface area contributed by atoms with Crippen LogP contribution in [0.2, 0.25) is 0 Å². The summed E-state index contributed by atoms with van der Waals surface area (Å²) in [5.74, 6) is -0.522. The summed E-state index contributed by atoms with van der Waals surface area (Å²) in [4.78, 5) is 25.0. The minimum atomic E-state index is -0.466. The van der Waals surface area contributed by atoms with Gasteiger partial charge >= 0.3 is 0 Å². The Kier molecular flexibility index (Phi) is 7.30. The Hall–Kier alpha value is -3.25. The molecule has 0 aromatic heterocycles. The molecule has 0 aliphatic rings. The van der Waals surface area contributed by atoms with Crippen molar-refractivity contribution in [1.82, 2.24) is 10.7 Å². The maximum Gasteiger partial charge on any atom is 0.251 e. The van der Waals surface area contributed by atoms with Gasteiger partial charge in [0, 0.05) is 10.0 Å². The Bertz CT molecular complexity index is 974. The molecule has 3 rings (SSSR count). The third-order valence-electron chi connectivity index (χ3n) is 4.21. The van der Waals surface area contributed by atoms with Gasteiger partial charge in [-0.2, -0.15) is 5.10 Å². The van der Waals surface area contributed by atoms with Crippen LogP contribution in [0.25, 0.3) is 0 Å². The predicted molar refractivity (Wildman–Crippen MR) is 118 cm³/mol. The standard InChI is InChI=1S/C23H20BrN3O2/c24-20-13-11-17(12-14-20)16-25-27-22(28)15-21(18-7-3-1-4-8-18)26-23(29)19-9-5-2-6-10-19/h1-14,16,21H,15H2,(H,26,29)(H,27,28)/b25-16-/t21-/m0/s1. The zero-order valence-corrected chi connectivity index (χ0v) is 17.2. The molecular weight excluding hydrogens is 430 g/mol. The lowest BCUT2D eigenvalue weighted by Gasteiger charge is -2.18. The first-order valence-corrected chi connectivity index (χ1v) is 9.89. The molecule has 0 aliphatic heterocycles. The highest BCUT2D eigenvalue weighted by atomic mass is 79.9. The van der Waals surface area contributed by atoms with Crippen LogP contribution in [0, 0.1) is 0 Å². The first-order valence-electron chi connectivity index (χ1n) is 9.10. The van der Waals surface area contributed by atoms with Crippen LogP contribution in [0.15, 0.2) is 94.5 Å². The van der Waals surface area contributed by atoms with Crippen LogP contribution in [0.1, 0.15) is 33.9 Å². The summed E-state index contributed by atoms with van der Waals surface area (Å²) in [6.45, 7) is 0. The largest absolute Gasteiger partial charge is 0.345 e. The normalized spacial score (nSPS) is 11.8. The Balaban J connectivity index is 1.65. The Morgan fingerprint density at radius 2 is 1.52 bits per heavy atom. The van der Waals surface area contributed by atoms with Gasteiger partial charge in [0.05, 0.1) is 18.7 Å². The van der Waals surface area contributed by atoms with Crippen molar-refractivity contribution in [3.05, 3.63) is 106 Å². The Labute approximate surface area is 178 Å². The van der Waals surface area contributed by atoms with Gasteiger partial charge in [-0.1, -0.05) is 76.6 Å². The molecular formula is C23H20BrN3O2. The van der Waals surface area contributed by atoms with E-state index in [4.69, 9.17) is 0 Å². The van der Waals surface area contributed by atoms with E-state index >= 15 is 0 Å². The van der Waals surface area contributed by atoms with Gasteiger partial charge in [0.2, 0.25) is 5.91 Å². The fourth-order valence-electron chi connectivity index (χ4n) is 2.73. The minimum absolute atomic E-state index is 0.0697. The maximum absolute atomic E-state index is 12.6. The van der Waals surface area contributed by atoms with E-state index in [2.05, 4.69) is 31.8 Å². The number of nitrogens with zero attached hydrogens (tertiary/aromatic N) is 1. The van der Waals surface area contributed by atoms with E-state index in [9.17, 15) is 9.59 Å². The lowest BCUT2D eigenvalue weighted by atomic mass is 10.0. The number of nitrogens with one attached hydrogen (secondary N) is 2. The van der Waals surface area contributed by atoms with Crippen molar-refractivity contribution in [3.8, 4) is 0 Å². The quantitative estimate of drug-likeness (QED) is 0.412. The molecule has 2 N–H and O–H groups in total. The average Bonchev–Trinajstić information content (AvgIpc) is 2.76. The van der Waals surface area contributed by atoms with Crippen LogP contribution in [0.4, 0.5) is 0 Å². The molecule has 0 radical (unpaired) electrons. The zero-order valence-electron chi connectivity index (χ0n) is 15.6. The van der Waals surface area contributed by atoms with Gasteiger partial charge in [-0.15, -0.1) is 0 Å². The van der Waals surface area contributed by atoms with E-state index in [-0.39, 0.29) is 18.2 Å². The van der Waals surface area contributed by atoms with Gasteiger partial charge in [-0.25, -0.2) is 5.43 Å². The molecule has 5 nitrogen and oxygen atoms in total. The number of hydrogen-bond donors (Lipinski definition) is 2. The fraction of sp³-hybridized carbons (Fsp3) is 0.0870. The van der Waals surface area contributed by atoms with E-state index in [1.165, 1.54) is 0 Å². The highest BCUT2D eigenvalue weighted by Crippen LogP contribution is 2.17. The summed E-state index contributed by atoms with van der Waals surface area (Å²) in [6.07, 6.45) is 1.64. The zero-order chi connectivity index (χ0) is 20.5. The molecule has 0 heterocycles. The molecule has 0 unspecified atom stereocenters. The summed E-state index contributed by atoms with van der Waals surface area (Å²) in [7, 11) is 0. The average molecular weight is 450 g/mol. The van der Waals surface area contributed by atoms with Gasteiger partial charge in [0.1, 0.15) is 0 Å². The van der Waals surface area contributed by atoms with Crippen molar-refractivity contribution in [2.75, 3.05) is 0 Å². The van der Waals surface area contributed by atoms with E-state index in [0.29, 0.717) is 5.56 Å². The van der Waals surface area contributed by atoms with Crippen LogP contribution in [-0.2, 0) is 4.79 Å². The third kappa shape index (κ3) is 6.40. The first-order chi connectivity index (χ1) is 14.1. The molecule has 3 aromatic carbocycles. The number of hydrazone groups is 1. The lowest BCUT2D eigenvalue weighted by Crippen LogP contribution is -2.32. The van der Waals surface area contributed by atoms with Gasteiger partial charge in [-0.3, -0.25) is 9.59 Å². The second kappa shape index (κ2) is 10.3. The number of halogens is 1. The molecule has 0 bridgehead atoms. The van der Waals surface area contributed by atoms with Crippen molar-refractivity contribution in [3.63, 3.8) is 0 Å². The molecule has 2 amide bonds. The number of benzene rings is 3. The predicted octanol–water partition coefficient (Wildman–Crippen LogP) is 4.46. The van der Waals surface area contributed by atoms with Crippen LogP contribution >= 0.6 is 15.9 Å². The van der Waals surface area contributed by atoms with Crippen LogP contribution in [0.5, 0.6) is 0 Å². The molecule has 0 saturated heterocycles. The molecule has 0 saturated carbocycles. The van der Waals surface area contributed by atoms with Crippen molar-refractivity contribution < 1.29 is 9.59 Å². The van der Waals surface area contributed by atoms with Crippen LogP contribution in [-0.4, -0.2) is 18.0 Å². The maximum atomic E-state index is 12.6. The molecule has 0 aliphatic carbocycles. The second-order valence-corrected chi connectivity index (χ2v) is 7.27. The highest BCUT2D eigenvalue weighted by molar-refractivity contribution is 9.10. The molecule has 1 atom stereocenters. The Morgan fingerprint density at radius 1 is 0.897 bits per heavy atom. The highest BCUT2D eigenvalue weighted by Gasteiger charge is 2.19. The summed E-state index contributed by atoms with van der Waals surface area (Å²) in [5, 5.41) is 6.94. The van der Waals surface area contributed by atoms with Crippen molar-refractivity contribution in [2.24, 2.45) is 5.10 Å². The van der Waals surface area contributed by atoms with Crippen molar-refractivity contribution in [2.45, 2.75) is 12.5 Å². The van der Waals surface area contributed by atoms with Crippen LogP contribution in [0.3, 0.4) is 0 Å². The van der Waals surface area contributed by atoms with E-state index < -0.39 is 6.04 Å². The summed E-state index contributed by atoms with van der Waals surface area (Å²) >= 11 is 3.37. The lowest BCUT2D eigenvalue weighted by molar-refractivity contribution is -0.121. The van der Waals surface area contributed by atoms with E-state index in [1.54, 1.807) is 30.5 Å². The van der Waals surface area contributed by atoms with Crippen LogP contribution < -0.4 is 10.7 Å². The number of amides is 2. The summed E-state index contributed by atoms with van der Waals surface area (Å²) in [5.41, 5.74) is 4.79. The summed E-state index contributed by atoms with van der Waals surface area (Å²) in [6, 6.07) is 25.4. The first kappa shape index (κ1) is 20.5. The minimum Gasteiger partial charge on any atom is -0.345 e. The number of carbonyl (C=O) groups is 2. The van der Waals surface area contributed by atoms with E-state index in [1.807, 2.05) is 60.7 Å².